The third-order valence-electron chi connectivity index (χ3n) is 3.63. The van der Waals surface area contributed by atoms with Crippen LogP contribution in [0.1, 0.15) is 21.5 Å². The molecule has 2 rings (SSSR count). The second kappa shape index (κ2) is 7.59. The first-order chi connectivity index (χ1) is 11.4. The number of esters is 1. The molecule has 0 heterocycles. The van der Waals surface area contributed by atoms with E-state index in [4.69, 9.17) is 10.5 Å². The van der Waals surface area contributed by atoms with Gasteiger partial charge in [-0.2, -0.15) is 0 Å². The highest BCUT2D eigenvalue weighted by Crippen LogP contribution is 2.17. The topological polar surface area (TPSA) is 72.6 Å². The number of nitrogen functional groups attached to an aromatic ring is 1. The molecule has 0 saturated carbocycles. The van der Waals surface area contributed by atoms with Gasteiger partial charge in [-0.15, -0.1) is 0 Å². The summed E-state index contributed by atoms with van der Waals surface area (Å²) in [7, 11) is 1.58. The molecule has 24 heavy (non-hydrogen) atoms. The van der Waals surface area contributed by atoms with Gasteiger partial charge in [-0.1, -0.05) is 24.3 Å². The summed E-state index contributed by atoms with van der Waals surface area (Å²) in [6.45, 7) is 1.70. The van der Waals surface area contributed by atoms with Crippen LogP contribution in [0.25, 0.3) is 0 Å². The molecule has 0 spiro atoms. The number of halogens is 1. The Morgan fingerprint density at radius 3 is 2.50 bits per heavy atom. The smallest absolute Gasteiger partial charge is 0.340 e. The van der Waals surface area contributed by atoms with E-state index >= 15 is 0 Å². The molecule has 2 N–H and O–H groups in total. The number of benzene rings is 2. The molecule has 2 aromatic carbocycles. The van der Waals surface area contributed by atoms with Gasteiger partial charge in [0.15, 0.2) is 6.61 Å². The lowest BCUT2D eigenvalue weighted by molar-refractivity contribution is -0.133. The largest absolute Gasteiger partial charge is 0.452 e. The van der Waals surface area contributed by atoms with Crippen LogP contribution in [0.5, 0.6) is 0 Å². The Balaban J connectivity index is 1.91. The van der Waals surface area contributed by atoms with Crippen molar-refractivity contribution in [1.82, 2.24) is 4.90 Å². The predicted molar refractivity (Wildman–Crippen MR) is 88.7 cm³/mol. The summed E-state index contributed by atoms with van der Waals surface area (Å²) in [4.78, 5) is 25.5. The van der Waals surface area contributed by atoms with Gasteiger partial charge in [0.1, 0.15) is 5.82 Å². The van der Waals surface area contributed by atoms with Crippen LogP contribution >= 0.6 is 0 Å². The molecule has 0 aromatic heterocycles. The fourth-order valence-electron chi connectivity index (χ4n) is 2.13. The van der Waals surface area contributed by atoms with Crippen LogP contribution in [0.2, 0.25) is 0 Å². The van der Waals surface area contributed by atoms with E-state index in [-0.39, 0.29) is 23.9 Å². The van der Waals surface area contributed by atoms with Crippen LogP contribution < -0.4 is 5.73 Å². The minimum absolute atomic E-state index is 0.240. The first-order valence-electron chi connectivity index (χ1n) is 7.39. The SMILES string of the molecule is Cc1cccc(C(=O)OCC(=O)N(C)Cc2ccc(F)cc2)c1N. The molecular formula is C18H19FN2O3. The zero-order valence-electron chi connectivity index (χ0n) is 13.6. The van der Waals surface area contributed by atoms with E-state index in [1.165, 1.54) is 17.0 Å². The Morgan fingerprint density at radius 1 is 1.17 bits per heavy atom. The van der Waals surface area contributed by atoms with Gasteiger partial charge in [-0.05, 0) is 36.2 Å². The Labute approximate surface area is 139 Å². The van der Waals surface area contributed by atoms with Crippen LogP contribution in [0.4, 0.5) is 10.1 Å². The van der Waals surface area contributed by atoms with Gasteiger partial charge in [0.2, 0.25) is 0 Å². The van der Waals surface area contributed by atoms with E-state index < -0.39 is 5.97 Å². The Bertz CT molecular complexity index is 744. The fraction of sp³-hybridized carbons (Fsp3) is 0.222. The first-order valence-corrected chi connectivity index (χ1v) is 7.39. The summed E-state index contributed by atoms with van der Waals surface area (Å²) in [5.74, 6) is -1.34. The number of amides is 1. The van der Waals surface area contributed by atoms with Crippen LogP contribution in [-0.2, 0) is 16.1 Å². The maximum absolute atomic E-state index is 12.9. The highest BCUT2D eigenvalue weighted by Gasteiger charge is 2.16. The van der Waals surface area contributed by atoms with Crippen molar-refractivity contribution in [1.29, 1.82) is 0 Å². The molecule has 0 saturated heterocycles. The van der Waals surface area contributed by atoms with Crippen molar-refractivity contribution >= 4 is 17.6 Å². The Hall–Kier alpha value is -2.89. The van der Waals surface area contributed by atoms with E-state index in [0.717, 1.165) is 11.1 Å². The van der Waals surface area contributed by atoms with Crippen LogP contribution in [0, 0.1) is 12.7 Å². The molecule has 1 amide bonds. The van der Waals surface area contributed by atoms with Crippen LogP contribution in [0.3, 0.4) is 0 Å². The lowest BCUT2D eigenvalue weighted by atomic mass is 10.1. The quantitative estimate of drug-likeness (QED) is 0.675. The average Bonchev–Trinajstić information content (AvgIpc) is 2.56. The Kier molecular flexibility index (Phi) is 5.52. The molecule has 5 nitrogen and oxygen atoms in total. The van der Waals surface area contributed by atoms with Gasteiger partial charge in [0, 0.05) is 19.3 Å². The highest BCUT2D eigenvalue weighted by atomic mass is 19.1. The van der Waals surface area contributed by atoms with E-state index in [1.807, 2.05) is 0 Å². The number of likely N-dealkylation sites (N-methyl/N-ethyl adjacent to an activating group) is 1. The van der Waals surface area contributed by atoms with Crippen molar-refractivity contribution in [3.8, 4) is 0 Å². The molecule has 0 aliphatic heterocycles. The van der Waals surface area contributed by atoms with E-state index in [9.17, 15) is 14.0 Å². The fourth-order valence-corrected chi connectivity index (χ4v) is 2.13. The number of anilines is 1. The maximum Gasteiger partial charge on any atom is 0.340 e. The van der Waals surface area contributed by atoms with Gasteiger partial charge < -0.3 is 15.4 Å². The third-order valence-corrected chi connectivity index (χ3v) is 3.63. The molecule has 0 radical (unpaired) electrons. The second-order valence-corrected chi connectivity index (χ2v) is 5.49. The number of carbonyl (C=O) groups excluding carboxylic acids is 2. The van der Waals surface area contributed by atoms with Gasteiger partial charge in [0.05, 0.1) is 5.56 Å². The lowest BCUT2D eigenvalue weighted by Crippen LogP contribution is -2.31. The minimum atomic E-state index is -0.639. The predicted octanol–water partition coefficient (Wildman–Crippen LogP) is 2.53. The standard InChI is InChI=1S/C18H19FN2O3/c1-12-4-3-5-15(17(12)20)18(23)24-11-16(22)21(2)10-13-6-8-14(19)9-7-13/h3-9H,10-11,20H2,1-2H3. The highest BCUT2D eigenvalue weighted by molar-refractivity contribution is 5.96. The van der Waals surface area contributed by atoms with Gasteiger partial charge in [-0.3, -0.25) is 4.79 Å². The number of rotatable bonds is 5. The molecule has 2 aromatic rings. The summed E-state index contributed by atoms with van der Waals surface area (Å²) >= 11 is 0. The summed E-state index contributed by atoms with van der Waals surface area (Å²) in [5, 5.41) is 0. The molecule has 126 valence electrons. The van der Waals surface area contributed by atoms with Crippen molar-refractivity contribution in [2.75, 3.05) is 19.4 Å². The van der Waals surface area contributed by atoms with Crippen LogP contribution in [-0.4, -0.2) is 30.4 Å². The molecule has 6 heteroatoms. The summed E-state index contributed by atoms with van der Waals surface area (Å²) < 4.78 is 17.9. The van der Waals surface area contributed by atoms with Gasteiger partial charge in [-0.25, -0.2) is 9.18 Å². The van der Waals surface area contributed by atoms with E-state index in [1.54, 1.807) is 44.3 Å². The van der Waals surface area contributed by atoms with Crippen molar-refractivity contribution in [3.63, 3.8) is 0 Å². The second-order valence-electron chi connectivity index (χ2n) is 5.49. The normalized spacial score (nSPS) is 10.3. The molecule has 0 aliphatic carbocycles. The van der Waals surface area contributed by atoms with Gasteiger partial charge in [0.25, 0.3) is 5.91 Å². The number of hydrogen-bond donors (Lipinski definition) is 1. The summed E-state index contributed by atoms with van der Waals surface area (Å²) in [5.41, 5.74) is 7.97. The van der Waals surface area contributed by atoms with E-state index in [0.29, 0.717) is 12.2 Å². The minimum Gasteiger partial charge on any atom is -0.452 e. The summed E-state index contributed by atoms with van der Waals surface area (Å²) in [6, 6.07) is 10.9. The summed E-state index contributed by atoms with van der Waals surface area (Å²) in [6.07, 6.45) is 0. The average molecular weight is 330 g/mol. The molecule has 0 aliphatic rings. The molecule has 0 unspecified atom stereocenters. The van der Waals surface area contributed by atoms with Crippen molar-refractivity contribution in [2.24, 2.45) is 0 Å². The number of carbonyl (C=O) groups is 2. The van der Waals surface area contributed by atoms with Gasteiger partial charge >= 0.3 is 5.97 Å². The van der Waals surface area contributed by atoms with Crippen molar-refractivity contribution in [3.05, 3.63) is 65.0 Å². The number of hydrogen-bond acceptors (Lipinski definition) is 4. The molecule has 0 bridgehead atoms. The van der Waals surface area contributed by atoms with Crippen molar-refractivity contribution in [2.45, 2.75) is 13.5 Å². The molecule has 0 atom stereocenters. The maximum atomic E-state index is 12.9. The number of nitrogens with two attached hydrogens (primary N) is 1. The Morgan fingerprint density at radius 2 is 1.83 bits per heavy atom. The zero-order valence-corrected chi connectivity index (χ0v) is 13.6. The number of nitrogens with zero attached hydrogens (tertiary/aromatic N) is 1. The number of aryl methyl sites for hydroxylation is 1. The lowest BCUT2D eigenvalue weighted by Gasteiger charge is -2.17. The zero-order chi connectivity index (χ0) is 17.7. The van der Waals surface area contributed by atoms with Crippen molar-refractivity contribution < 1.29 is 18.7 Å². The molecular weight excluding hydrogens is 311 g/mol. The van der Waals surface area contributed by atoms with E-state index in [2.05, 4.69) is 0 Å². The number of ether oxygens (including phenoxy) is 1. The third kappa shape index (κ3) is 4.32. The molecule has 0 fully saturated rings. The first kappa shape index (κ1) is 17.5. The number of para-hydroxylation sites is 1. The monoisotopic (exact) mass is 330 g/mol. The van der Waals surface area contributed by atoms with Crippen LogP contribution in [0.15, 0.2) is 42.5 Å².